The van der Waals surface area contributed by atoms with E-state index in [9.17, 15) is 4.79 Å². The summed E-state index contributed by atoms with van der Waals surface area (Å²) in [5, 5.41) is 4.18. The molecular weight excluding hydrogens is 382 g/mol. The van der Waals surface area contributed by atoms with Gasteiger partial charge in [-0.1, -0.05) is 41.6 Å². The molecule has 0 amide bonds. The molecule has 3 heterocycles. The highest BCUT2D eigenvalue weighted by Crippen LogP contribution is 2.62. The van der Waals surface area contributed by atoms with Crippen molar-refractivity contribution >= 4 is 22.7 Å². The Morgan fingerprint density at radius 2 is 2.07 bits per heavy atom. The molecule has 0 spiro atoms. The molecule has 9 nitrogen and oxygen atoms in total. The van der Waals surface area contributed by atoms with E-state index in [2.05, 4.69) is 50.5 Å². The molecule has 9 heteroatoms. The van der Waals surface area contributed by atoms with Crippen molar-refractivity contribution in [1.82, 2.24) is 29.2 Å². The molecule has 0 aliphatic heterocycles. The van der Waals surface area contributed by atoms with Crippen molar-refractivity contribution in [1.29, 1.82) is 0 Å². The smallest absolute Gasteiger partial charge is 0.280 e. The fourth-order valence-corrected chi connectivity index (χ4v) is 4.54. The van der Waals surface area contributed by atoms with E-state index in [0.29, 0.717) is 34.8 Å². The number of benzene rings is 1. The lowest BCUT2D eigenvalue weighted by atomic mass is 10.0. The van der Waals surface area contributed by atoms with Crippen molar-refractivity contribution < 1.29 is 4.52 Å². The number of allylic oxidation sites excluding steroid dienone is 2. The van der Waals surface area contributed by atoms with E-state index in [-0.39, 0.29) is 18.1 Å². The first-order chi connectivity index (χ1) is 14.6. The summed E-state index contributed by atoms with van der Waals surface area (Å²) in [5.74, 6) is 2.64. The topological polar surface area (TPSA) is 118 Å². The van der Waals surface area contributed by atoms with Crippen LogP contribution in [0.2, 0.25) is 0 Å². The van der Waals surface area contributed by atoms with E-state index in [4.69, 9.17) is 10.3 Å². The number of nitrogens with zero attached hydrogens (tertiary/aromatic N) is 6. The Labute approximate surface area is 170 Å². The fourth-order valence-electron chi connectivity index (χ4n) is 4.54. The third-order valence-electron chi connectivity index (χ3n) is 6.20. The fraction of sp³-hybridized carbons (Fsp3) is 0.286. The van der Waals surface area contributed by atoms with Gasteiger partial charge >= 0.3 is 0 Å². The Balaban J connectivity index is 1.22. The molecule has 3 atom stereocenters. The first-order valence-corrected chi connectivity index (χ1v) is 9.86. The molecule has 2 N–H and O–H groups in total. The van der Waals surface area contributed by atoms with Crippen LogP contribution in [0.4, 0.5) is 5.95 Å². The monoisotopic (exact) mass is 401 g/mol. The summed E-state index contributed by atoms with van der Waals surface area (Å²) in [4.78, 5) is 25.6. The van der Waals surface area contributed by atoms with Crippen LogP contribution in [0.5, 0.6) is 0 Å². The highest BCUT2D eigenvalue weighted by atomic mass is 16.5. The quantitative estimate of drug-likeness (QED) is 0.555. The van der Waals surface area contributed by atoms with Crippen molar-refractivity contribution in [2.45, 2.75) is 18.9 Å². The largest absolute Gasteiger partial charge is 0.369 e. The van der Waals surface area contributed by atoms with Crippen molar-refractivity contribution in [3.63, 3.8) is 0 Å². The van der Waals surface area contributed by atoms with Gasteiger partial charge in [0.15, 0.2) is 17.0 Å². The first-order valence-electron chi connectivity index (χ1n) is 9.86. The molecule has 1 fully saturated rings. The molecule has 0 unspecified atom stereocenters. The zero-order valence-electron chi connectivity index (χ0n) is 16.3. The molecule has 2 aliphatic rings. The number of aryl methyl sites for hydroxylation is 1. The van der Waals surface area contributed by atoms with Gasteiger partial charge in [0, 0.05) is 13.0 Å². The third-order valence-corrected chi connectivity index (χ3v) is 6.20. The zero-order chi connectivity index (χ0) is 20.4. The summed E-state index contributed by atoms with van der Waals surface area (Å²) in [6.45, 7) is 0.160. The van der Waals surface area contributed by atoms with Crippen LogP contribution in [0.1, 0.15) is 29.6 Å². The Morgan fingerprint density at radius 1 is 1.23 bits per heavy atom. The molecule has 6 rings (SSSR count). The van der Waals surface area contributed by atoms with E-state index in [1.54, 1.807) is 7.05 Å². The molecule has 0 bridgehead atoms. The molecule has 2 aliphatic carbocycles. The molecule has 4 aromatic rings. The molecule has 150 valence electrons. The Morgan fingerprint density at radius 3 is 2.83 bits per heavy atom. The number of anilines is 1. The predicted molar refractivity (Wildman–Crippen MR) is 109 cm³/mol. The standard InChI is InChI=1S/C21H19N7O2/c1-27-17-19(25-21(27)22)23-10-28(20(17)29)9-15-24-18(26-30-15)16-13-7-12(8-14(13)16)11-5-3-2-4-6-11/h2-7,10,13-14,16H,8-9H2,1H3,(H2,22,25)/t13-,14+,16+/m1/s1. The van der Waals surface area contributed by atoms with Crippen molar-refractivity contribution in [3.05, 3.63) is 70.4 Å². The Hall–Kier alpha value is -3.75. The number of nitrogens with two attached hydrogens (primary N) is 1. The van der Waals surface area contributed by atoms with Gasteiger partial charge in [0.05, 0.1) is 0 Å². The van der Waals surface area contributed by atoms with Gasteiger partial charge in [-0.05, 0) is 29.4 Å². The predicted octanol–water partition coefficient (Wildman–Crippen LogP) is 1.96. The maximum Gasteiger partial charge on any atom is 0.280 e. The average Bonchev–Trinajstić information content (AvgIpc) is 3.13. The van der Waals surface area contributed by atoms with Crippen LogP contribution in [-0.4, -0.2) is 29.2 Å². The Kier molecular flexibility index (Phi) is 3.50. The van der Waals surface area contributed by atoms with Crippen LogP contribution in [0.3, 0.4) is 0 Å². The molecule has 3 aromatic heterocycles. The lowest BCUT2D eigenvalue weighted by Crippen LogP contribution is -2.22. The average molecular weight is 401 g/mol. The van der Waals surface area contributed by atoms with Crippen LogP contribution < -0.4 is 11.3 Å². The highest BCUT2D eigenvalue weighted by molar-refractivity contribution is 5.72. The number of aromatic nitrogens is 6. The van der Waals surface area contributed by atoms with Gasteiger partial charge in [-0.2, -0.15) is 9.97 Å². The zero-order valence-corrected chi connectivity index (χ0v) is 16.3. The normalized spacial score (nSPS) is 22.3. The van der Waals surface area contributed by atoms with Gasteiger partial charge in [-0.3, -0.25) is 9.36 Å². The number of nitrogen functional groups attached to an aromatic ring is 1. The lowest BCUT2D eigenvalue weighted by Gasteiger charge is -2.04. The van der Waals surface area contributed by atoms with Gasteiger partial charge in [-0.15, -0.1) is 0 Å². The molecule has 30 heavy (non-hydrogen) atoms. The summed E-state index contributed by atoms with van der Waals surface area (Å²) in [5.41, 5.74) is 8.89. The summed E-state index contributed by atoms with van der Waals surface area (Å²) < 4.78 is 8.40. The summed E-state index contributed by atoms with van der Waals surface area (Å²) in [6, 6.07) is 10.5. The van der Waals surface area contributed by atoms with Gasteiger partial charge in [-0.25, -0.2) is 4.98 Å². The number of hydrogen-bond donors (Lipinski definition) is 1. The molecule has 1 aromatic carbocycles. The minimum Gasteiger partial charge on any atom is -0.369 e. The van der Waals surface area contributed by atoms with Gasteiger partial charge in [0.25, 0.3) is 5.56 Å². The second-order valence-corrected chi connectivity index (χ2v) is 7.95. The van der Waals surface area contributed by atoms with E-state index in [0.717, 1.165) is 12.2 Å². The maximum atomic E-state index is 12.8. The number of rotatable bonds is 4. The van der Waals surface area contributed by atoms with E-state index in [1.165, 1.54) is 26.6 Å². The highest BCUT2D eigenvalue weighted by Gasteiger charge is 2.55. The Bertz CT molecular complexity index is 1370. The van der Waals surface area contributed by atoms with Gasteiger partial charge < -0.3 is 14.8 Å². The SMILES string of the molecule is Cn1c(N)nc2ncn(Cc3nc([C@H]4[C@@H]5C=C(c6ccccc6)C[C@@H]54)no3)c(=O)c21. The van der Waals surface area contributed by atoms with Crippen LogP contribution in [0, 0.1) is 11.8 Å². The number of fused-ring (bicyclic) bond motifs is 2. The van der Waals surface area contributed by atoms with Crippen molar-refractivity contribution in [2.24, 2.45) is 18.9 Å². The molecule has 0 radical (unpaired) electrons. The van der Waals surface area contributed by atoms with Crippen LogP contribution in [0.15, 0.2) is 52.1 Å². The van der Waals surface area contributed by atoms with E-state index < -0.39 is 0 Å². The third kappa shape index (κ3) is 2.51. The minimum atomic E-state index is -0.245. The summed E-state index contributed by atoms with van der Waals surface area (Å²) in [6.07, 6.45) is 4.81. The second kappa shape index (κ2) is 6.12. The second-order valence-electron chi connectivity index (χ2n) is 7.95. The lowest BCUT2D eigenvalue weighted by molar-refractivity contribution is 0.364. The maximum absolute atomic E-state index is 12.8. The molecule has 1 saturated carbocycles. The van der Waals surface area contributed by atoms with E-state index in [1.807, 2.05) is 6.07 Å². The molecular formula is C21H19N7O2. The first kappa shape index (κ1) is 17.1. The van der Waals surface area contributed by atoms with Gasteiger partial charge in [0.2, 0.25) is 11.8 Å². The van der Waals surface area contributed by atoms with Crippen LogP contribution in [0.25, 0.3) is 16.7 Å². The number of imidazole rings is 1. The summed E-state index contributed by atoms with van der Waals surface area (Å²) >= 11 is 0. The van der Waals surface area contributed by atoms with Crippen molar-refractivity contribution in [3.8, 4) is 0 Å². The molecule has 0 saturated heterocycles. The van der Waals surface area contributed by atoms with Crippen LogP contribution >= 0.6 is 0 Å². The van der Waals surface area contributed by atoms with Crippen LogP contribution in [-0.2, 0) is 13.6 Å². The van der Waals surface area contributed by atoms with E-state index >= 15 is 0 Å². The van der Waals surface area contributed by atoms with Gasteiger partial charge in [0.1, 0.15) is 12.9 Å². The minimum absolute atomic E-state index is 0.160. The number of hydrogen-bond acceptors (Lipinski definition) is 7. The van der Waals surface area contributed by atoms with Crippen molar-refractivity contribution in [2.75, 3.05) is 5.73 Å². The summed E-state index contributed by atoms with van der Waals surface area (Å²) in [7, 11) is 1.69.